The number of hydrogen-bond acceptors (Lipinski definition) is 4. The number of hydrogen-bond donors (Lipinski definition) is 0. The van der Waals surface area contributed by atoms with E-state index >= 15 is 0 Å². The fourth-order valence-corrected chi connectivity index (χ4v) is 3.37. The molecule has 3 rings (SSSR count). The van der Waals surface area contributed by atoms with Crippen LogP contribution in [0, 0.1) is 5.82 Å². The Hall–Kier alpha value is -2.09. The third-order valence-electron chi connectivity index (χ3n) is 3.56. The van der Waals surface area contributed by atoms with Gasteiger partial charge in [0, 0.05) is 22.5 Å². The van der Waals surface area contributed by atoms with Crippen LogP contribution in [-0.2, 0) is 4.74 Å². The van der Waals surface area contributed by atoms with Gasteiger partial charge in [-0.1, -0.05) is 40.2 Å². The Morgan fingerprint density at radius 1 is 1.15 bits per heavy atom. The summed E-state index contributed by atoms with van der Waals surface area (Å²) < 4.78 is 21.0. The lowest BCUT2D eigenvalue weighted by Crippen LogP contribution is -2.13. The topological polar surface area (TPSA) is 38.9 Å². The molecule has 7 heteroatoms. The molecule has 0 bridgehead atoms. The Morgan fingerprint density at radius 2 is 1.88 bits per heavy atom. The number of rotatable bonds is 6. The fraction of sp³-hybridized carbons (Fsp3) is 0.158. The van der Waals surface area contributed by atoms with Gasteiger partial charge in [-0.25, -0.2) is 9.07 Å². The molecule has 0 saturated heterocycles. The molecular weight excluding hydrogens is 417 g/mol. The van der Waals surface area contributed by atoms with Crippen molar-refractivity contribution in [2.45, 2.75) is 0 Å². The summed E-state index contributed by atoms with van der Waals surface area (Å²) in [5.74, 6) is -0.267. The lowest BCUT2D eigenvalue weighted by Gasteiger charge is -2.04. The number of halogens is 2. The van der Waals surface area contributed by atoms with Crippen LogP contribution in [-0.4, -0.2) is 31.2 Å². The second-order valence-corrected chi connectivity index (χ2v) is 7.15. The Bertz CT molecular complexity index is 946. The van der Waals surface area contributed by atoms with Crippen LogP contribution in [0.5, 0.6) is 0 Å². The van der Waals surface area contributed by atoms with Crippen LogP contribution in [0.3, 0.4) is 0 Å². The average molecular weight is 434 g/mol. The van der Waals surface area contributed by atoms with Gasteiger partial charge in [0.05, 0.1) is 25.1 Å². The Balaban J connectivity index is 2.01. The third-order valence-corrected chi connectivity index (χ3v) is 4.94. The molecule has 0 aliphatic heterocycles. The number of nitrogens with zero attached hydrogens (tertiary/aromatic N) is 3. The molecule has 3 aromatic rings. The van der Waals surface area contributed by atoms with E-state index < -0.39 is 0 Å². The van der Waals surface area contributed by atoms with Gasteiger partial charge in [0.2, 0.25) is 4.80 Å². The molecular formula is C19H17BrFN3OS. The van der Waals surface area contributed by atoms with Gasteiger partial charge in [0.1, 0.15) is 5.82 Å². The predicted octanol–water partition coefficient (Wildman–Crippen LogP) is 4.55. The quantitative estimate of drug-likeness (QED) is 0.415. The smallest absolute Gasteiger partial charge is 0.206 e. The van der Waals surface area contributed by atoms with E-state index in [1.165, 1.54) is 23.5 Å². The monoisotopic (exact) mass is 433 g/mol. The minimum absolute atomic E-state index is 0.267. The first kappa shape index (κ1) is 18.7. The van der Waals surface area contributed by atoms with Crippen molar-refractivity contribution in [1.82, 2.24) is 4.68 Å². The molecule has 0 aliphatic carbocycles. The second kappa shape index (κ2) is 9.02. The second-order valence-electron chi connectivity index (χ2n) is 5.39. The Kier molecular flexibility index (Phi) is 6.49. The molecule has 134 valence electrons. The summed E-state index contributed by atoms with van der Waals surface area (Å²) in [7, 11) is 1.65. The predicted molar refractivity (Wildman–Crippen MR) is 107 cm³/mol. The summed E-state index contributed by atoms with van der Waals surface area (Å²) in [6.07, 6.45) is 1.70. The van der Waals surface area contributed by atoms with Crippen LogP contribution in [0.15, 0.2) is 68.5 Å². The molecule has 26 heavy (non-hydrogen) atoms. The van der Waals surface area contributed by atoms with E-state index in [1.54, 1.807) is 30.1 Å². The van der Waals surface area contributed by atoms with E-state index in [2.05, 4.69) is 26.0 Å². The van der Waals surface area contributed by atoms with Gasteiger partial charge in [-0.05, 0) is 29.8 Å². The van der Waals surface area contributed by atoms with Crippen molar-refractivity contribution in [2.75, 3.05) is 20.3 Å². The highest BCUT2D eigenvalue weighted by molar-refractivity contribution is 9.10. The first-order chi connectivity index (χ1) is 12.7. The minimum Gasteiger partial charge on any atom is -0.383 e. The molecule has 0 unspecified atom stereocenters. The fourth-order valence-electron chi connectivity index (χ4n) is 2.24. The summed E-state index contributed by atoms with van der Waals surface area (Å²) in [6, 6.07) is 14.2. The highest BCUT2D eigenvalue weighted by Crippen LogP contribution is 2.22. The number of thiazole rings is 1. The Morgan fingerprint density at radius 3 is 2.58 bits per heavy atom. The molecule has 1 heterocycles. The van der Waals surface area contributed by atoms with E-state index in [0.29, 0.717) is 13.2 Å². The van der Waals surface area contributed by atoms with E-state index in [1.807, 2.05) is 29.6 Å². The van der Waals surface area contributed by atoms with Gasteiger partial charge in [-0.2, -0.15) is 5.10 Å². The molecule has 0 spiro atoms. The SMILES string of the molecule is COCCN=c1scc(-c2ccc(Br)cc2)n1/N=C\c1ccc(F)cc1. The molecule has 1 aromatic heterocycles. The summed E-state index contributed by atoms with van der Waals surface area (Å²) >= 11 is 4.97. The molecule has 2 aromatic carbocycles. The van der Waals surface area contributed by atoms with Crippen molar-refractivity contribution >= 4 is 33.5 Å². The zero-order valence-electron chi connectivity index (χ0n) is 14.1. The van der Waals surface area contributed by atoms with Gasteiger partial charge < -0.3 is 4.74 Å². The van der Waals surface area contributed by atoms with Gasteiger partial charge >= 0.3 is 0 Å². The maximum Gasteiger partial charge on any atom is 0.206 e. The largest absolute Gasteiger partial charge is 0.383 e. The molecule has 4 nitrogen and oxygen atoms in total. The summed E-state index contributed by atoms with van der Waals surface area (Å²) in [6.45, 7) is 1.11. The number of aromatic nitrogens is 1. The van der Waals surface area contributed by atoms with Crippen LogP contribution < -0.4 is 4.80 Å². The molecule has 0 radical (unpaired) electrons. The average Bonchev–Trinajstić information content (AvgIpc) is 3.05. The van der Waals surface area contributed by atoms with Crippen molar-refractivity contribution in [2.24, 2.45) is 10.1 Å². The van der Waals surface area contributed by atoms with Crippen LogP contribution in [0.2, 0.25) is 0 Å². The molecule has 0 saturated carbocycles. The van der Waals surface area contributed by atoms with Gasteiger partial charge in [0.25, 0.3) is 0 Å². The number of benzene rings is 2. The van der Waals surface area contributed by atoms with E-state index in [4.69, 9.17) is 4.74 Å². The maximum atomic E-state index is 13.1. The third kappa shape index (κ3) is 4.75. The first-order valence-electron chi connectivity index (χ1n) is 7.93. The van der Waals surface area contributed by atoms with Crippen molar-refractivity contribution in [3.8, 4) is 11.3 Å². The standard InChI is InChI=1S/C19H17BrFN3OS/c1-25-11-10-22-19-24(23-12-14-2-8-17(21)9-3-14)18(13-26-19)15-4-6-16(20)7-5-15/h2-9,12-13H,10-11H2,1H3/b22-19?,23-12-. The van der Waals surface area contributed by atoms with Crippen LogP contribution in [0.4, 0.5) is 4.39 Å². The van der Waals surface area contributed by atoms with Gasteiger partial charge in [0.15, 0.2) is 0 Å². The number of methoxy groups -OCH3 is 1. The molecule has 0 aliphatic rings. The van der Waals surface area contributed by atoms with E-state index in [-0.39, 0.29) is 5.82 Å². The lowest BCUT2D eigenvalue weighted by molar-refractivity contribution is 0.207. The lowest BCUT2D eigenvalue weighted by atomic mass is 10.2. The zero-order chi connectivity index (χ0) is 18.4. The van der Waals surface area contributed by atoms with Crippen molar-refractivity contribution in [3.63, 3.8) is 0 Å². The number of ether oxygens (including phenoxy) is 1. The normalized spacial score (nSPS) is 12.2. The zero-order valence-corrected chi connectivity index (χ0v) is 16.5. The van der Waals surface area contributed by atoms with Gasteiger partial charge in [-0.3, -0.25) is 4.99 Å². The first-order valence-corrected chi connectivity index (χ1v) is 9.60. The van der Waals surface area contributed by atoms with E-state index in [9.17, 15) is 4.39 Å². The van der Waals surface area contributed by atoms with E-state index in [0.717, 1.165) is 26.1 Å². The molecule has 0 fully saturated rings. The van der Waals surface area contributed by atoms with Crippen molar-refractivity contribution < 1.29 is 9.13 Å². The van der Waals surface area contributed by atoms with Crippen molar-refractivity contribution in [1.29, 1.82) is 0 Å². The molecule has 0 N–H and O–H groups in total. The maximum absolute atomic E-state index is 13.1. The Labute approximate surface area is 163 Å². The van der Waals surface area contributed by atoms with Crippen LogP contribution >= 0.6 is 27.3 Å². The highest BCUT2D eigenvalue weighted by Gasteiger charge is 2.07. The summed E-state index contributed by atoms with van der Waals surface area (Å²) in [5.41, 5.74) is 2.79. The molecule has 0 amide bonds. The van der Waals surface area contributed by atoms with Crippen LogP contribution in [0.1, 0.15) is 5.56 Å². The van der Waals surface area contributed by atoms with Crippen molar-refractivity contribution in [3.05, 3.63) is 74.6 Å². The summed E-state index contributed by atoms with van der Waals surface area (Å²) in [4.78, 5) is 5.34. The van der Waals surface area contributed by atoms with Gasteiger partial charge in [-0.15, -0.1) is 11.3 Å². The van der Waals surface area contributed by atoms with Crippen LogP contribution in [0.25, 0.3) is 11.3 Å². The highest BCUT2D eigenvalue weighted by atomic mass is 79.9. The molecule has 0 atom stereocenters. The minimum atomic E-state index is -0.267. The summed E-state index contributed by atoms with van der Waals surface area (Å²) in [5, 5.41) is 6.60.